The third-order valence-corrected chi connectivity index (χ3v) is 1.80. The second-order valence-electron chi connectivity index (χ2n) is 2.53. The first-order valence-electron chi connectivity index (χ1n) is 3.85. The molecule has 0 atom stereocenters. The van der Waals surface area contributed by atoms with Crippen LogP contribution in [0.4, 0.5) is 0 Å². The number of hydrogen-bond acceptors (Lipinski definition) is 2. The van der Waals surface area contributed by atoms with Crippen LogP contribution in [0.1, 0.15) is 13.8 Å². The summed E-state index contributed by atoms with van der Waals surface area (Å²) in [4.78, 5) is 10.4. The lowest BCUT2D eigenvalue weighted by Gasteiger charge is -2.10. The molecule has 0 spiro atoms. The Kier molecular flexibility index (Phi) is 2.43. The number of nitrogens with zero attached hydrogens (tertiary/aromatic N) is 3. The Morgan fingerprint density at radius 3 is 2.75 bits per heavy atom. The molecule has 0 aliphatic carbocycles. The highest BCUT2D eigenvalue weighted by Gasteiger charge is 2.19. The minimum atomic E-state index is 0.866. The molecule has 12 heavy (non-hydrogen) atoms. The Hall–Kier alpha value is -1.38. The van der Waals surface area contributed by atoms with E-state index in [1.807, 2.05) is 31.9 Å². The van der Waals surface area contributed by atoms with Gasteiger partial charge in [-0.25, -0.2) is 9.98 Å². The van der Waals surface area contributed by atoms with Crippen LogP contribution >= 0.6 is 0 Å². The molecule has 0 aromatic rings. The number of aliphatic imine (C=N–C) groups is 2. The normalized spacial score (nSPS) is 23.6. The predicted molar refractivity (Wildman–Crippen MR) is 52.3 cm³/mol. The van der Waals surface area contributed by atoms with Crippen LogP contribution in [0, 0.1) is 0 Å². The van der Waals surface area contributed by atoms with E-state index in [0.717, 1.165) is 17.4 Å². The van der Waals surface area contributed by atoms with Gasteiger partial charge in [-0.1, -0.05) is 12.7 Å². The minimum Gasteiger partial charge on any atom is -0.316 e. The van der Waals surface area contributed by atoms with Crippen molar-refractivity contribution in [2.24, 2.45) is 9.98 Å². The Bertz CT molecular complexity index is 284. The smallest absolute Gasteiger partial charge is 0.159 e. The molecule has 0 saturated heterocycles. The summed E-state index contributed by atoms with van der Waals surface area (Å²) in [5.74, 6) is 1.83. The Balaban J connectivity index is 3.06. The maximum atomic E-state index is 4.31. The first-order valence-corrected chi connectivity index (χ1v) is 3.85. The molecule has 1 aliphatic heterocycles. The molecule has 3 nitrogen and oxygen atoms in total. The monoisotopic (exact) mass is 163 g/mol. The summed E-state index contributed by atoms with van der Waals surface area (Å²) in [5.41, 5.74) is 0.912. The van der Waals surface area contributed by atoms with E-state index < -0.39 is 0 Å². The van der Waals surface area contributed by atoms with Gasteiger partial charge in [0.05, 0.1) is 0 Å². The van der Waals surface area contributed by atoms with Gasteiger partial charge < -0.3 is 4.90 Å². The molecule has 0 aromatic heterocycles. The van der Waals surface area contributed by atoms with Gasteiger partial charge in [-0.05, 0) is 13.8 Å². The van der Waals surface area contributed by atoms with Crippen molar-refractivity contribution in [3.05, 3.63) is 24.6 Å². The summed E-state index contributed by atoms with van der Waals surface area (Å²) in [6.45, 7) is 7.46. The summed E-state index contributed by atoms with van der Waals surface area (Å²) in [6.07, 6.45) is 3.47. The molecule has 3 heteroatoms. The van der Waals surface area contributed by atoms with Crippen molar-refractivity contribution in [1.82, 2.24) is 4.90 Å². The Morgan fingerprint density at radius 2 is 2.25 bits per heavy atom. The number of amidine groups is 2. The van der Waals surface area contributed by atoms with E-state index in [4.69, 9.17) is 0 Å². The molecule has 1 heterocycles. The van der Waals surface area contributed by atoms with Crippen molar-refractivity contribution in [1.29, 1.82) is 0 Å². The van der Waals surface area contributed by atoms with Crippen molar-refractivity contribution in [3.63, 3.8) is 0 Å². The van der Waals surface area contributed by atoms with Gasteiger partial charge in [0, 0.05) is 13.2 Å². The molecular formula is C9H13N3. The van der Waals surface area contributed by atoms with Crippen molar-refractivity contribution >= 4 is 11.7 Å². The van der Waals surface area contributed by atoms with Crippen molar-refractivity contribution in [3.8, 4) is 0 Å². The van der Waals surface area contributed by atoms with Crippen molar-refractivity contribution in [2.45, 2.75) is 13.8 Å². The lowest BCUT2D eigenvalue weighted by molar-refractivity contribution is 0.768. The zero-order chi connectivity index (χ0) is 9.14. The second-order valence-corrected chi connectivity index (χ2v) is 2.53. The number of likely N-dealkylation sites (N-methyl/N-ethyl adjacent to an activating group) is 1. The van der Waals surface area contributed by atoms with Crippen LogP contribution in [0.3, 0.4) is 0 Å². The van der Waals surface area contributed by atoms with Gasteiger partial charge >= 0.3 is 0 Å². The van der Waals surface area contributed by atoms with Gasteiger partial charge in [0.1, 0.15) is 11.5 Å². The van der Waals surface area contributed by atoms with E-state index in [0.29, 0.717) is 0 Å². The van der Waals surface area contributed by atoms with Crippen LogP contribution in [0.2, 0.25) is 0 Å². The quantitative estimate of drug-likeness (QED) is 0.579. The van der Waals surface area contributed by atoms with E-state index >= 15 is 0 Å². The summed E-state index contributed by atoms with van der Waals surface area (Å²) < 4.78 is 0. The van der Waals surface area contributed by atoms with Gasteiger partial charge in [0.25, 0.3) is 0 Å². The number of hydrogen-bond donors (Lipinski definition) is 0. The summed E-state index contributed by atoms with van der Waals surface area (Å²) in [7, 11) is 1.94. The van der Waals surface area contributed by atoms with Gasteiger partial charge in [-0.2, -0.15) is 0 Å². The SMILES string of the molecule is C=CN=C1/C(=C\C)N=C(C)N1C. The molecule has 0 amide bonds. The van der Waals surface area contributed by atoms with Crippen molar-refractivity contribution in [2.75, 3.05) is 7.05 Å². The second kappa shape index (κ2) is 3.34. The van der Waals surface area contributed by atoms with E-state index in [1.54, 1.807) is 0 Å². The first-order chi connectivity index (χ1) is 5.70. The van der Waals surface area contributed by atoms with E-state index in [2.05, 4.69) is 16.6 Å². The lowest BCUT2D eigenvalue weighted by Crippen LogP contribution is -2.25. The fourth-order valence-electron chi connectivity index (χ4n) is 1.06. The number of allylic oxidation sites excluding steroid dienone is 1. The topological polar surface area (TPSA) is 28.0 Å². The molecule has 0 aromatic carbocycles. The molecule has 0 fully saturated rings. The van der Waals surface area contributed by atoms with Crippen LogP contribution in [0.25, 0.3) is 0 Å². The highest BCUT2D eigenvalue weighted by Crippen LogP contribution is 2.13. The van der Waals surface area contributed by atoms with Crippen LogP contribution in [-0.4, -0.2) is 23.6 Å². The Labute approximate surface area is 72.8 Å². The van der Waals surface area contributed by atoms with Gasteiger partial charge in [-0.3, -0.25) is 0 Å². The molecule has 0 saturated carbocycles. The zero-order valence-corrected chi connectivity index (χ0v) is 7.70. The summed E-state index contributed by atoms with van der Waals surface area (Å²) in [5, 5.41) is 0. The summed E-state index contributed by atoms with van der Waals surface area (Å²) in [6, 6.07) is 0. The molecule has 1 aliphatic rings. The lowest BCUT2D eigenvalue weighted by atomic mass is 10.4. The predicted octanol–water partition coefficient (Wildman–Crippen LogP) is 1.80. The molecule has 64 valence electrons. The van der Waals surface area contributed by atoms with Gasteiger partial charge in [-0.15, -0.1) is 0 Å². The minimum absolute atomic E-state index is 0.866. The molecular weight excluding hydrogens is 150 g/mol. The Morgan fingerprint density at radius 1 is 1.58 bits per heavy atom. The highest BCUT2D eigenvalue weighted by molar-refractivity contribution is 6.14. The van der Waals surface area contributed by atoms with Gasteiger partial charge in [0.15, 0.2) is 5.84 Å². The third-order valence-electron chi connectivity index (χ3n) is 1.80. The van der Waals surface area contributed by atoms with E-state index in [1.165, 1.54) is 6.20 Å². The standard InChI is InChI=1S/C9H13N3/c1-5-8-9(10-6-2)12(4)7(3)11-8/h5-6H,2H2,1,3-4H3/b8-5+,10-9?. The molecule has 0 N–H and O–H groups in total. The van der Waals surface area contributed by atoms with Crippen LogP contribution in [0.5, 0.6) is 0 Å². The first kappa shape index (κ1) is 8.71. The van der Waals surface area contributed by atoms with E-state index in [-0.39, 0.29) is 0 Å². The number of rotatable bonds is 1. The van der Waals surface area contributed by atoms with Crippen LogP contribution in [-0.2, 0) is 0 Å². The van der Waals surface area contributed by atoms with Gasteiger partial charge in [0.2, 0.25) is 0 Å². The highest BCUT2D eigenvalue weighted by atomic mass is 15.3. The molecule has 0 bridgehead atoms. The summed E-state index contributed by atoms with van der Waals surface area (Å²) >= 11 is 0. The van der Waals surface area contributed by atoms with E-state index in [9.17, 15) is 0 Å². The molecule has 1 rings (SSSR count). The fraction of sp³-hybridized carbons (Fsp3) is 0.333. The average Bonchev–Trinajstić information content (AvgIpc) is 2.33. The zero-order valence-electron chi connectivity index (χ0n) is 7.70. The third kappa shape index (κ3) is 1.30. The largest absolute Gasteiger partial charge is 0.316 e. The maximum Gasteiger partial charge on any atom is 0.159 e. The average molecular weight is 163 g/mol. The van der Waals surface area contributed by atoms with Crippen molar-refractivity contribution < 1.29 is 0 Å². The molecule has 0 unspecified atom stereocenters. The fourth-order valence-corrected chi connectivity index (χ4v) is 1.06. The maximum absolute atomic E-state index is 4.31. The molecule has 0 radical (unpaired) electrons. The van der Waals surface area contributed by atoms with Crippen LogP contribution in [0.15, 0.2) is 34.5 Å². The van der Waals surface area contributed by atoms with Crippen LogP contribution < -0.4 is 0 Å².